The standard InChI is InChI=1S/C21H28N4O3S2/c26-21(24-11-2-1-3-12-24)19-16-29-20(23-19)18-6-13-25(14-7-18)30(27,28)15-8-17-4-9-22-10-5-17/h4-5,9-10,16,18H,1-3,6-8,11-15H2. The molecule has 0 spiro atoms. The van der Waals surface area contributed by atoms with Crippen LogP contribution in [0.4, 0.5) is 0 Å². The Kier molecular flexibility index (Phi) is 6.80. The second-order valence-electron chi connectivity index (χ2n) is 8.02. The van der Waals surface area contributed by atoms with Gasteiger partial charge in [0.05, 0.1) is 10.8 Å². The van der Waals surface area contributed by atoms with E-state index in [1.54, 1.807) is 16.7 Å². The molecule has 0 bridgehead atoms. The van der Waals surface area contributed by atoms with E-state index in [2.05, 4.69) is 9.97 Å². The van der Waals surface area contributed by atoms with Crippen LogP contribution < -0.4 is 0 Å². The van der Waals surface area contributed by atoms with E-state index in [0.29, 0.717) is 25.2 Å². The monoisotopic (exact) mass is 448 g/mol. The van der Waals surface area contributed by atoms with E-state index in [1.807, 2.05) is 22.4 Å². The molecular formula is C21H28N4O3S2. The zero-order valence-electron chi connectivity index (χ0n) is 17.1. The number of pyridine rings is 1. The number of amides is 1. The average Bonchev–Trinajstić information content (AvgIpc) is 3.29. The maximum atomic E-state index is 12.7. The molecule has 162 valence electrons. The molecule has 0 atom stereocenters. The lowest BCUT2D eigenvalue weighted by atomic mass is 9.99. The van der Waals surface area contributed by atoms with E-state index >= 15 is 0 Å². The molecule has 2 fully saturated rings. The number of rotatable bonds is 6. The van der Waals surface area contributed by atoms with Crippen LogP contribution in [0.25, 0.3) is 0 Å². The highest BCUT2D eigenvalue weighted by atomic mass is 32.2. The Morgan fingerprint density at radius 2 is 1.77 bits per heavy atom. The summed E-state index contributed by atoms with van der Waals surface area (Å²) in [4.78, 5) is 23.1. The van der Waals surface area contributed by atoms with Gasteiger partial charge in [0.25, 0.3) is 5.91 Å². The SMILES string of the molecule is O=C(c1csc(C2CCN(S(=O)(=O)CCc3ccncc3)CC2)n1)N1CCCCC1. The van der Waals surface area contributed by atoms with Crippen LogP contribution in [0.1, 0.15) is 59.1 Å². The maximum Gasteiger partial charge on any atom is 0.273 e. The molecule has 0 unspecified atom stereocenters. The molecule has 2 aromatic rings. The number of likely N-dealkylation sites (tertiary alicyclic amines) is 1. The van der Waals surface area contributed by atoms with Crippen molar-refractivity contribution in [1.29, 1.82) is 0 Å². The number of piperidine rings is 2. The molecule has 0 radical (unpaired) electrons. The fourth-order valence-electron chi connectivity index (χ4n) is 4.14. The lowest BCUT2D eigenvalue weighted by molar-refractivity contribution is 0.0719. The van der Waals surface area contributed by atoms with Gasteiger partial charge in [0.1, 0.15) is 5.69 Å². The first-order valence-electron chi connectivity index (χ1n) is 10.6. The molecule has 1 amide bonds. The molecule has 0 aromatic carbocycles. The van der Waals surface area contributed by atoms with Gasteiger partial charge >= 0.3 is 0 Å². The minimum Gasteiger partial charge on any atom is -0.337 e. The number of carbonyl (C=O) groups excluding carboxylic acids is 1. The first-order chi connectivity index (χ1) is 14.5. The maximum absolute atomic E-state index is 12.7. The Morgan fingerprint density at radius 3 is 2.47 bits per heavy atom. The summed E-state index contributed by atoms with van der Waals surface area (Å²) in [5.74, 6) is 0.380. The second-order valence-corrected chi connectivity index (χ2v) is 11.0. The number of thiazole rings is 1. The van der Waals surface area contributed by atoms with E-state index in [-0.39, 0.29) is 17.6 Å². The quantitative estimate of drug-likeness (QED) is 0.678. The summed E-state index contributed by atoms with van der Waals surface area (Å²) < 4.78 is 27.0. The first-order valence-corrected chi connectivity index (χ1v) is 13.1. The van der Waals surface area contributed by atoms with Crippen LogP contribution in [0.3, 0.4) is 0 Å². The van der Waals surface area contributed by atoms with Gasteiger partial charge in [-0.15, -0.1) is 11.3 Å². The van der Waals surface area contributed by atoms with E-state index in [9.17, 15) is 13.2 Å². The fraction of sp³-hybridized carbons (Fsp3) is 0.571. The average molecular weight is 449 g/mol. The van der Waals surface area contributed by atoms with Gasteiger partial charge in [0.2, 0.25) is 10.0 Å². The normalized spacial score (nSPS) is 19.1. The van der Waals surface area contributed by atoms with E-state index in [0.717, 1.165) is 49.3 Å². The Balaban J connectivity index is 1.31. The molecule has 2 saturated heterocycles. The summed E-state index contributed by atoms with van der Waals surface area (Å²) in [7, 11) is -3.27. The van der Waals surface area contributed by atoms with Crippen molar-refractivity contribution in [3.8, 4) is 0 Å². The van der Waals surface area contributed by atoms with Crippen molar-refractivity contribution in [2.75, 3.05) is 31.9 Å². The molecule has 0 saturated carbocycles. The van der Waals surface area contributed by atoms with Crippen molar-refractivity contribution in [2.24, 2.45) is 0 Å². The van der Waals surface area contributed by atoms with Crippen LogP contribution in [0.15, 0.2) is 29.9 Å². The Labute approximate surface area is 182 Å². The van der Waals surface area contributed by atoms with Crippen LogP contribution >= 0.6 is 11.3 Å². The third-order valence-electron chi connectivity index (χ3n) is 5.98. The number of aromatic nitrogens is 2. The Morgan fingerprint density at radius 1 is 1.07 bits per heavy atom. The number of nitrogens with zero attached hydrogens (tertiary/aromatic N) is 4. The molecule has 4 heterocycles. The molecule has 30 heavy (non-hydrogen) atoms. The lowest BCUT2D eigenvalue weighted by Gasteiger charge is -2.30. The van der Waals surface area contributed by atoms with Gasteiger partial charge in [-0.3, -0.25) is 9.78 Å². The molecule has 7 nitrogen and oxygen atoms in total. The fourth-order valence-corrected chi connectivity index (χ4v) is 6.62. The largest absolute Gasteiger partial charge is 0.337 e. The lowest BCUT2D eigenvalue weighted by Crippen LogP contribution is -2.39. The third-order valence-corrected chi connectivity index (χ3v) is 8.86. The third kappa shape index (κ3) is 5.07. The van der Waals surface area contributed by atoms with Crippen molar-refractivity contribution in [3.05, 3.63) is 46.2 Å². The molecule has 9 heteroatoms. The number of carbonyl (C=O) groups is 1. The minimum atomic E-state index is -3.27. The summed E-state index contributed by atoms with van der Waals surface area (Å²) in [6.07, 6.45) is 8.69. The van der Waals surface area contributed by atoms with Gasteiger partial charge in [0, 0.05) is 49.9 Å². The summed E-state index contributed by atoms with van der Waals surface area (Å²) >= 11 is 1.53. The number of sulfonamides is 1. The molecule has 2 aliphatic heterocycles. The highest BCUT2D eigenvalue weighted by Crippen LogP contribution is 2.31. The second kappa shape index (κ2) is 9.53. The van der Waals surface area contributed by atoms with Crippen molar-refractivity contribution < 1.29 is 13.2 Å². The minimum absolute atomic E-state index is 0.0355. The highest BCUT2D eigenvalue weighted by Gasteiger charge is 2.30. The predicted octanol–water partition coefficient (Wildman–Crippen LogP) is 2.92. The van der Waals surface area contributed by atoms with Crippen LogP contribution in [-0.4, -0.2) is 65.4 Å². The van der Waals surface area contributed by atoms with E-state index in [1.165, 1.54) is 17.8 Å². The molecule has 0 N–H and O–H groups in total. The summed E-state index contributed by atoms with van der Waals surface area (Å²) in [5.41, 5.74) is 1.53. The molecule has 2 aromatic heterocycles. The molecule has 0 aliphatic carbocycles. The van der Waals surface area contributed by atoms with Crippen LogP contribution in [0, 0.1) is 0 Å². The predicted molar refractivity (Wildman–Crippen MR) is 117 cm³/mol. The summed E-state index contributed by atoms with van der Waals surface area (Å²) in [6.45, 7) is 2.67. The first kappa shape index (κ1) is 21.4. The molecule has 2 aliphatic rings. The van der Waals surface area contributed by atoms with Gasteiger partial charge in [-0.25, -0.2) is 17.7 Å². The smallest absolute Gasteiger partial charge is 0.273 e. The van der Waals surface area contributed by atoms with E-state index < -0.39 is 10.0 Å². The zero-order valence-corrected chi connectivity index (χ0v) is 18.7. The van der Waals surface area contributed by atoms with Crippen molar-refractivity contribution >= 4 is 27.3 Å². The number of aryl methyl sites for hydroxylation is 1. The van der Waals surface area contributed by atoms with Crippen molar-refractivity contribution in [3.63, 3.8) is 0 Å². The van der Waals surface area contributed by atoms with Crippen LogP contribution in [0.2, 0.25) is 0 Å². The topological polar surface area (TPSA) is 83.5 Å². The zero-order chi connectivity index (χ0) is 21.0. The van der Waals surface area contributed by atoms with Gasteiger partial charge in [-0.05, 0) is 56.2 Å². The van der Waals surface area contributed by atoms with Crippen LogP contribution in [0.5, 0.6) is 0 Å². The molecule has 4 rings (SSSR count). The van der Waals surface area contributed by atoms with Gasteiger partial charge in [0.15, 0.2) is 0 Å². The number of hydrogen-bond acceptors (Lipinski definition) is 6. The van der Waals surface area contributed by atoms with Crippen molar-refractivity contribution in [2.45, 2.75) is 44.4 Å². The Bertz CT molecular complexity index is 948. The number of hydrogen-bond donors (Lipinski definition) is 0. The van der Waals surface area contributed by atoms with E-state index in [4.69, 9.17) is 0 Å². The van der Waals surface area contributed by atoms with Crippen molar-refractivity contribution in [1.82, 2.24) is 19.2 Å². The van der Waals surface area contributed by atoms with Gasteiger partial charge in [-0.2, -0.15) is 0 Å². The van der Waals surface area contributed by atoms with Crippen LogP contribution in [-0.2, 0) is 16.4 Å². The Hall–Kier alpha value is -1.84. The summed E-state index contributed by atoms with van der Waals surface area (Å²) in [6, 6.07) is 3.71. The summed E-state index contributed by atoms with van der Waals surface area (Å²) in [5, 5.41) is 2.83. The molecular weight excluding hydrogens is 420 g/mol. The van der Waals surface area contributed by atoms with Gasteiger partial charge < -0.3 is 4.90 Å². The highest BCUT2D eigenvalue weighted by molar-refractivity contribution is 7.89. The van der Waals surface area contributed by atoms with Gasteiger partial charge in [-0.1, -0.05) is 0 Å².